The fourth-order valence-corrected chi connectivity index (χ4v) is 6.64. The lowest BCUT2D eigenvalue weighted by Crippen LogP contribution is -2.35. The maximum Gasteiger partial charge on any atom is 0.258 e. The summed E-state index contributed by atoms with van der Waals surface area (Å²) in [5.41, 5.74) is 3.98. The predicted molar refractivity (Wildman–Crippen MR) is 151 cm³/mol. The number of amides is 2. The monoisotopic (exact) mass is 547 g/mol. The van der Waals surface area contributed by atoms with E-state index in [1.165, 1.54) is 0 Å². The van der Waals surface area contributed by atoms with Gasteiger partial charge in [0.25, 0.3) is 5.91 Å². The molecule has 0 aliphatic carbocycles. The molecule has 0 radical (unpaired) electrons. The second kappa shape index (κ2) is 11.6. The third-order valence-electron chi connectivity index (χ3n) is 7.36. The first kappa shape index (κ1) is 26.9. The number of benzene rings is 3. The summed E-state index contributed by atoms with van der Waals surface area (Å²) < 4.78 is 32.4. The lowest BCUT2D eigenvalue weighted by molar-refractivity contribution is -0.116. The Labute approximate surface area is 229 Å². The minimum Gasteiger partial charge on any atom is -0.497 e. The predicted octanol–water partition coefficient (Wildman–Crippen LogP) is 4.64. The number of sulfonamides is 1. The smallest absolute Gasteiger partial charge is 0.258 e. The molecule has 0 saturated carbocycles. The highest BCUT2D eigenvalue weighted by Gasteiger charge is 2.27. The van der Waals surface area contributed by atoms with Crippen molar-refractivity contribution in [2.45, 2.75) is 43.4 Å². The van der Waals surface area contributed by atoms with E-state index in [1.807, 2.05) is 18.2 Å². The van der Waals surface area contributed by atoms with E-state index < -0.39 is 10.0 Å². The standard InChI is InChI=1S/C30H33N3O5S/c1-38-26-12-9-24(10-13-26)30(35)33-20-17-23-8-11-25(21-28(23)33)31-29(34)16-7-22-5-14-27(15-6-22)39(36,37)32-18-3-2-4-19-32/h5-6,8-15,21H,2-4,7,16-20H2,1H3,(H,31,34). The zero-order valence-corrected chi connectivity index (χ0v) is 22.9. The van der Waals surface area contributed by atoms with Gasteiger partial charge < -0.3 is 15.0 Å². The largest absolute Gasteiger partial charge is 0.497 e. The molecule has 2 amide bonds. The highest BCUT2D eigenvalue weighted by atomic mass is 32.2. The zero-order chi connectivity index (χ0) is 27.4. The number of fused-ring (bicyclic) bond motifs is 1. The summed E-state index contributed by atoms with van der Waals surface area (Å²) in [4.78, 5) is 27.9. The number of hydrogen-bond donors (Lipinski definition) is 1. The molecule has 0 atom stereocenters. The Hall–Kier alpha value is -3.69. The Morgan fingerprint density at radius 2 is 1.62 bits per heavy atom. The number of aryl methyl sites for hydroxylation is 1. The number of anilines is 2. The molecule has 2 heterocycles. The van der Waals surface area contributed by atoms with Gasteiger partial charge in [0.1, 0.15) is 5.75 Å². The van der Waals surface area contributed by atoms with Crippen molar-refractivity contribution in [1.29, 1.82) is 0 Å². The van der Waals surface area contributed by atoms with Crippen LogP contribution in [0.1, 0.15) is 47.2 Å². The normalized spacial score (nSPS) is 15.6. The van der Waals surface area contributed by atoms with Crippen molar-refractivity contribution in [3.63, 3.8) is 0 Å². The highest BCUT2D eigenvalue weighted by Crippen LogP contribution is 2.32. The number of carbonyl (C=O) groups is 2. The number of hydrogen-bond acceptors (Lipinski definition) is 5. The molecule has 0 unspecified atom stereocenters. The van der Waals surface area contributed by atoms with E-state index in [-0.39, 0.29) is 18.2 Å². The molecule has 3 aromatic carbocycles. The number of carbonyl (C=O) groups excluding carboxylic acids is 2. The summed E-state index contributed by atoms with van der Waals surface area (Å²) in [6.45, 7) is 1.72. The van der Waals surface area contributed by atoms with Gasteiger partial charge in [0.15, 0.2) is 0 Å². The van der Waals surface area contributed by atoms with E-state index in [2.05, 4.69) is 5.32 Å². The molecule has 3 aromatic rings. The van der Waals surface area contributed by atoms with Gasteiger partial charge in [0, 0.05) is 43.0 Å². The Balaban J connectivity index is 1.19. The molecule has 2 aliphatic heterocycles. The molecule has 2 aliphatic rings. The molecule has 39 heavy (non-hydrogen) atoms. The number of rotatable bonds is 8. The maximum atomic E-state index is 13.1. The van der Waals surface area contributed by atoms with Gasteiger partial charge in [-0.3, -0.25) is 9.59 Å². The molecule has 1 saturated heterocycles. The summed E-state index contributed by atoms with van der Waals surface area (Å²) in [5, 5.41) is 2.94. The van der Waals surface area contributed by atoms with Crippen molar-refractivity contribution in [3.05, 3.63) is 83.4 Å². The minimum absolute atomic E-state index is 0.0920. The summed E-state index contributed by atoms with van der Waals surface area (Å²) in [6.07, 6.45) is 4.36. The zero-order valence-electron chi connectivity index (χ0n) is 22.1. The summed E-state index contributed by atoms with van der Waals surface area (Å²) >= 11 is 0. The second-order valence-electron chi connectivity index (χ2n) is 9.94. The van der Waals surface area contributed by atoms with Gasteiger partial charge in [-0.1, -0.05) is 24.6 Å². The van der Waals surface area contributed by atoms with Gasteiger partial charge in [-0.25, -0.2) is 8.42 Å². The average molecular weight is 548 g/mol. The first-order valence-corrected chi connectivity index (χ1v) is 14.8. The van der Waals surface area contributed by atoms with E-state index >= 15 is 0 Å². The molecule has 0 bridgehead atoms. The van der Waals surface area contributed by atoms with Crippen LogP contribution in [-0.4, -0.2) is 51.3 Å². The van der Waals surface area contributed by atoms with Crippen LogP contribution in [0, 0.1) is 0 Å². The molecular weight excluding hydrogens is 514 g/mol. The van der Waals surface area contributed by atoms with Gasteiger partial charge in [0.05, 0.1) is 12.0 Å². The maximum absolute atomic E-state index is 13.1. The van der Waals surface area contributed by atoms with E-state index in [9.17, 15) is 18.0 Å². The topological polar surface area (TPSA) is 96.0 Å². The number of ether oxygens (including phenoxy) is 1. The van der Waals surface area contributed by atoms with Crippen molar-refractivity contribution in [2.75, 3.05) is 37.0 Å². The Morgan fingerprint density at radius 1 is 0.897 bits per heavy atom. The number of methoxy groups -OCH3 is 1. The van der Waals surface area contributed by atoms with Crippen molar-refractivity contribution < 1.29 is 22.7 Å². The van der Waals surface area contributed by atoms with E-state index in [1.54, 1.807) is 64.8 Å². The van der Waals surface area contributed by atoms with Crippen LogP contribution in [-0.2, 0) is 27.7 Å². The molecule has 1 fully saturated rings. The Morgan fingerprint density at radius 3 is 2.31 bits per heavy atom. The number of nitrogens with zero attached hydrogens (tertiary/aromatic N) is 2. The van der Waals surface area contributed by atoms with Gasteiger partial charge in [0.2, 0.25) is 15.9 Å². The van der Waals surface area contributed by atoms with E-state index in [0.717, 1.165) is 42.5 Å². The fourth-order valence-electron chi connectivity index (χ4n) is 5.12. The molecule has 8 nitrogen and oxygen atoms in total. The second-order valence-corrected chi connectivity index (χ2v) is 11.9. The van der Waals surface area contributed by atoms with Crippen LogP contribution >= 0.6 is 0 Å². The molecule has 0 spiro atoms. The molecule has 1 N–H and O–H groups in total. The molecular formula is C30H33N3O5S. The van der Waals surface area contributed by atoms with Crippen LogP contribution in [0.4, 0.5) is 11.4 Å². The quantitative estimate of drug-likeness (QED) is 0.443. The fraction of sp³-hybridized carbons (Fsp3) is 0.333. The third kappa shape index (κ3) is 5.99. The van der Waals surface area contributed by atoms with Gasteiger partial charge in [-0.05, 0) is 85.3 Å². The number of nitrogens with one attached hydrogen (secondary N) is 1. The van der Waals surface area contributed by atoms with E-state index in [0.29, 0.717) is 48.0 Å². The van der Waals surface area contributed by atoms with Crippen molar-refractivity contribution in [3.8, 4) is 5.75 Å². The van der Waals surface area contributed by atoms with Crippen molar-refractivity contribution >= 4 is 33.2 Å². The van der Waals surface area contributed by atoms with Crippen LogP contribution < -0.4 is 15.0 Å². The van der Waals surface area contributed by atoms with Crippen LogP contribution in [0.15, 0.2) is 71.6 Å². The van der Waals surface area contributed by atoms with Crippen molar-refractivity contribution in [1.82, 2.24) is 4.31 Å². The first-order valence-electron chi connectivity index (χ1n) is 13.3. The van der Waals surface area contributed by atoms with Crippen LogP contribution in [0.25, 0.3) is 0 Å². The first-order chi connectivity index (χ1) is 18.8. The van der Waals surface area contributed by atoms with Gasteiger partial charge in [-0.15, -0.1) is 0 Å². The van der Waals surface area contributed by atoms with Gasteiger partial charge in [-0.2, -0.15) is 4.31 Å². The van der Waals surface area contributed by atoms with Crippen LogP contribution in [0.2, 0.25) is 0 Å². The van der Waals surface area contributed by atoms with Crippen molar-refractivity contribution in [2.24, 2.45) is 0 Å². The molecule has 0 aromatic heterocycles. The molecule has 204 valence electrons. The van der Waals surface area contributed by atoms with Gasteiger partial charge >= 0.3 is 0 Å². The molecule has 5 rings (SSSR count). The summed E-state index contributed by atoms with van der Waals surface area (Å²) in [5.74, 6) is 0.452. The SMILES string of the molecule is COc1ccc(C(=O)N2CCc3ccc(NC(=O)CCc4ccc(S(=O)(=O)N5CCCCC5)cc4)cc32)cc1. The van der Waals surface area contributed by atoms with E-state index in [4.69, 9.17) is 4.74 Å². The highest BCUT2D eigenvalue weighted by molar-refractivity contribution is 7.89. The summed E-state index contributed by atoms with van der Waals surface area (Å²) in [7, 11) is -1.88. The summed E-state index contributed by atoms with van der Waals surface area (Å²) in [6, 6.07) is 19.5. The van der Waals surface area contributed by atoms with Crippen LogP contribution in [0.3, 0.4) is 0 Å². The lowest BCUT2D eigenvalue weighted by atomic mass is 10.1. The third-order valence-corrected chi connectivity index (χ3v) is 9.28. The average Bonchev–Trinajstić information content (AvgIpc) is 3.40. The lowest BCUT2D eigenvalue weighted by Gasteiger charge is -2.25. The minimum atomic E-state index is -3.47. The van der Waals surface area contributed by atoms with Crippen LogP contribution in [0.5, 0.6) is 5.75 Å². The Kier molecular flexibility index (Phi) is 7.99. The molecule has 9 heteroatoms. The Bertz CT molecular complexity index is 1450. The number of piperidine rings is 1.